The van der Waals surface area contributed by atoms with Gasteiger partial charge in [0, 0.05) is 19.8 Å². The molecule has 0 saturated heterocycles. The van der Waals surface area contributed by atoms with Crippen LogP contribution in [0.1, 0.15) is 38.2 Å². The number of aliphatic hydroxyl groups excluding tert-OH is 1. The van der Waals surface area contributed by atoms with Gasteiger partial charge in [-0.25, -0.2) is 0 Å². The maximum atomic E-state index is 10.4. The van der Waals surface area contributed by atoms with Gasteiger partial charge < -0.3 is 14.6 Å². The van der Waals surface area contributed by atoms with Gasteiger partial charge in [-0.2, -0.15) is 0 Å². The van der Waals surface area contributed by atoms with Crippen molar-refractivity contribution >= 4 is 0 Å². The number of unbranched alkanes of at least 4 members (excludes halogenated alkanes) is 2. The van der Waals surface area contributed by atoms with E-state index in [1.807, 2.05) is 30.3 Å². The molecule has 0 spiro atoms. The fourth-order valence-corrected chi connectivity index (χ4v) is 2.23. The van der Waals surface area contributed by atoms with E-state index in [0.717, 1.165) is 24.8 Å². The van der Waals surface area contributed by atoms with E-state index < -0.39 is 11.9 Å². The molecule has 102 valence electrons. The van der Waals surface area contributed by atoms with Crippen molar-refractivity contribution in [2.75, 3.05) is 14.2 Å². The van der Waals surface area contributed by atoms with Gasteiger partial charge in [-0.3, -0.25) is 0 Å². The van der Waals surface area contributed by atoms with Gasteiger partial charge in [0.15, 0.2) is 0 Å². The third-order valence-electron chi connectivity index (χ3n) is 3.30. The molecule has 0 bridgehead atoms. The predicted molar refractivity (Wildman–Crippen MR) is 72.3 cm³/mol. The van der Waals surface area contributed by atoms with Gasteiger partial charge in [0.1, 0.15) is 6.10 Å². The normalized spacial score (nSPS) is 13.6. The Morgan fingerprint density at radius 2 is 1.72 bits per heavy atom. The van der Waals surface area contributed by atoms with Gasteiger partial charge in [-0.05, 0) is 6.42 Å². The molecule has 3 nitrogen and oxygen atoms in total. The van der Waals surface area contributed by atoms with Crippen molar-refractivity contribution < 1.29 is 14.6 Å². The summed E-state index contributed by atoms with van der Waals surface area (Å²) in [6, 6.07) is 9.59. The van der Waals surface area contributed by atoms with Crippen LogP contribution in [0.2, 0.25) is 0 Å². The lowest BCUT2D eigenvalue weighted by Gasteiger charge is -2.35. The number of aliphatic hydroxyl groups is 1. The van der Waals surface area contributed by atoms with E-state index in [0.29, 0.717) is 6.42 Å². The maximum Gasteiger partial charge on any atom is 0.221 e. The molecule has 0 amide bonds. The smallest absolute Gasteiger partial charge is 0.221 e. The summed E-state index contributed by atoms with van der Waals surface area (Å²) in [7, 11) is 3.14. The summed E-state index contributed by atoms with van der Waals surface area (Å²) in [5.41, 5.74) is 0.846. The molecule has 1 aromatic rings. The Morgan fingerprint density at radius 1 is 1.11 bits per heavy atom. The van der Waals surface area contributed by atoms with Crippen LogP contribution in [0.15, 0.2) is 30.3 Å². The van der Waals surface area contributed by atoms with Gasteiger partial charge >= 0.3 is 0 Å². The lowest BCUT2D eigenvalue weighted by Crippen LogP contribution is -2.43. The summed E-state index contributed by atoms with van der Waals surface area (Å²) >= 11 is 0. The molecule has 1 atom stereocenters. The number of methoxy groups -OCH3 is 2. The van der Waals surface area contributed by atoms with E-state index in [-0.39, 0.29) is 0 Å². The fraction of sp³-hybridized carbons (Fsp3) is 0.600. The van der Waals surface area contributed by atoms with Crippen LogP contribution in [0.4, 0.5) is 0 Å². The topological polar surface area (TPSA) is 38.7 Å². The zero-order chi connectivity index (χ0) is 13.4. The molecule has 1 rings (SSSR count). The largest absolute Gasteiger partial charge is 0.387 e. The summed E-state index contributed by atoms with van der Waals surface area (Å²) in [4.78, 5) is 0. The number of hydrogen-bond acceptors (Lipinski definition) is 3. The molecule has 0 aliphatic heterocycles. The van der Waals surface area contributed by atoms with Crippen LogP contribution in [-0.4, -0.2) is 25.4 Å². The van der Waals surface area contributed by atoms with Crippen LogP contribution >= 0.6 is 0 Å². The van der Waals surface area contributed by atoms with Crippen LogP contribution < -0.4 is 0 Å². The first-order valence-electron chi connectivity index (χ1n) is 6.55. The van der Waals surface area contributed by atoms with Crippen LogP contribution in [-0.2, 0) is 15.3 Å². The first-order valence-corrected chi connectivity index (χ1v) is 6.55. The van der Waals surface area contributed by atoms with Gasteiger partial charge in [0.05, 0.1) is 0 Å². The van der Waals surface area contributed by atoms with Crippen LogP contribution in [0, 0.1) is 0 Å². The first kappa shape index (κ1) is 15.2. The van der Waals surface area contributed by atoms with Crippen LogP contribution in [0.3, 0.4) is 0 Å². The van der Waals surface area contributed by atoms with E-state index in [4.69, 9.17) is 9.47 Å². The third-order valence-corrected chi connectivity index (χ3v) is 3.30. The van der Waals surface area contributed by atoms with Crippen molar-refractivity contribution in [1.82, 2.24) is 0 Å². The van der Waals surface area contributed by atoms with Crippen molar-refractivity contribution in [2.24, 2.45) is 0 Å². The molecule has 18 heavy (non-hydrogen) atoms. The van der Waals surface area contributed by atoms with E-state index in [2.05, 4.69) is 6.92 Å². The van der Waals surface area contributed by atoms with Crippen molar-refractivity contribution in [3.05, 3.63) is 35.9 Å². The highest BCUT2D eigenvalue weighted by Gasteiger charge is 2.39. The summed E-state index contributed by atoms with van der Waals surface area (Å²) in [6.45, 7) is 2.14. The summed E-state index contributed by atoms with van der Waals surface area (Å²) < 4.78 is 11.0. The number of rotatable bonds is 8. The van der Waals surface area contributed by atoms with Gasteiger partial charge in [0.2, 0.25) is 5.79 Å². The highest BCUT2D eigenvalue weighted by Crippen LogP contribution is 2.32. The Bertz CT molecular complexity index is 320. The average Bonchev–Trinajstić information content (AvgIpc) is 2.42. The molecule has 0 fully saturated rings. The van der Waals surface area contributed by atoms with Crippen LogP contribution in [0.25, 0.3) is 0 Å². The molecule has 1 unspecified atom stereocenters. The zero-order valence-electron chi connectivity index (χ0n) is 11.6. The van der Waals surface area contributed by atoms with E-state index in [1.54, 1.807) is 14.2 Å². The molecule has 1 N–H and O–H groups in total. The molecule has 0 aliphatic rings. The molecular weight excluding hydrogens is 228 g/mol. The molecule has 0 radical (unpaired) electrons. The Kier molecular flexibility index (Phi) is 6.33. The van der Waals surface area contributed by atoms with Crippen LogP contribution in [0.5, 0.6) is 0 Å². The minimum absolute atomic E-state index is 0.665. The second-order valence-corrected chi connectivity index (χ2v) is 4.45. The molecule has 1 aromatic carbocycles. The number of hydrogen-bond donors (Lipinski definition) is 1. The SMILES string of the molecule is CCCCCC(O)C(OC)(OC)c1ccccc1. The lowest BCUT2D eigenvalue weighted by atomic mass is 9.95. The summed E-state index contributed by atoms with van der Waals surface area (Å²) in [5.74, 6) is -1.06. The third kappa shape index (κ3) is 3.31. The van der Waals surface area contributed by atoms with E-state index in [9.17, 15) is 5.11 Å². The average molecular weight is 252 g/mol. The van der Waals surface area contributed by atoms with Gasteiger partial charge in [-0.1, -0.05) is 56.5 Å². The minimum atomic E-state index is -1.06. The fourth-order valence-electron chi connectivity index (χ4n) is 2.23. The summed E-state index contributed by atoms with van der Waals surface area (Å²) in [6.07, 6.45) is 3.21. The Hall–Kier alpha value is -0.900. The minimum Gasteiger partial charge on any atom is -0.387 e. The maximum absolute atomic E-state index is 10.4. The molecule has 0 aliphatic carbocycles. The zero-order valence-corrected chi connectivity index (χ0v) is 11.6. The quantitative estimate of drug-likeness (QED) is 0.571. The predicted octanol–water partition coefficient (Wildman–Crippen LogP) is 3.07. The Morgan fingerprint density at radius 3 is 2.22 bits per heavy atom. The molecule has 0 heterocycles. The second-order valence-electron chi connectivity index (χ2n) is 4.45. The standard InChI is InChI=1S/C15H24O3/c1-4-5-7-12-14(16)15(17-2,18-3)13-10-8-6-9-11-13/h6,8-11,14,16H,4-5,7,12H2,1-3H3. The highest BCUT2D eigenvalue weighted by molar-refractivity contribution is 5.21. The van der Waals surface area contributed by atoms with Crippen molar-refractivity contribution in [3.8, 4) is 0 Å². The first-order chi connectivity index (χ1) is 8.71. The lowest BCUT2D eigenvalue weighted by molar-refractivity contribution is -0.270. The highest BCUT2D eigenvalue weighted by atomic mass is 16.7. The van der Waals surface area contributed by atoms with Crippen molar-refractivity contribution in [3.63, 3.8) is 0 Å². The number of ether oxygens (including phenoxy) is 2. The summed E-state index contributed by atoms with van der Waals surface area (Å²) in [5, 5.41) is 10.4. The van der Waals surface area contributed by atoms with Crippen molar-refractivity contribution in [1.29, 1.82) is 0 Å². The van der Waals surface area contributed by atoms with Crippen molar-refractivity contribution in [2.45, 2.75) is 44.5 Å². The molecule has 0 saturated carbocycles. The molecular formula is C15H24O3. The monoisotopic (exact) mass is 252 g/mol. The Labute approximate surface area is 110 Å². The Balaban J connectivity index is 2.86. The van der Waals surface area contributed by atoms with Gasteiger partial charge in [0.25, 0.3) is 0 Å². The molecule has 0 aromatic heterocycles. The number of benzene rings is 1. The van der Waals surface area contributed by atoms with E-state index >= 15 is 0 Å². The van der Waals surface area contributed by atoms with E-state index in [1.165, 1.54) is 0 Å². The van der Waals surface area contributed by atoms with Gasteiger partial charge in [-0.15, -0.1) is 0 Å². The second kappa shape index (κ2) is 7.52. The molecule has 3 heteroatoms.